The molecule has 4 aromatic rings. The Morgan fingerprint density at radius 3 is 2.65 bits per heavy atom. The van der Waals surface area contributed by atoms with Gasteiger partial charge in [-0.2, -0.15) is 5.10 Å². The molecule has 0 atom stereocenters. The predicted octanol–water partition coefficient (Wildman–Crippen LogP) is 4.00. The van der Waals surface area contributed by atoms with Gasteiger partial charge in [0.1, 0.15) is 5.82 Å². The first-order chi connectivity index (χ1) is 16.6. The van der Waals surface area contributed by atoms with Gasteiger partial charge in [-0.15, -0.1) is 11.3 Å². The molecule has 1 aliphatic heterocycles. The van der Waals surface area contributed by atoms with Crippen molar-refractivity contribution in [3.63, 3.8) is 0 Å². The maximum absolute atomic E-state index is 13.2. The van der Waals surface area contributed by atoms with Gasteiger partial charge in [0, 0.05) is 29.1 Å². The van der Waals surface area contributed by atoms with E-state index in [9.17, 15) is 9.59 Å². The summed E-state index contributed by atoms with van der Waals surface area (Å²) in [5.41, 5.74) is 8.62. The number of aromatic nitrogens is 3. The Bertz CT molecular complexity index is 1320. The van der Waals surface area contributed by atoms with Crippen LogP contribution in [0.4, 0.5) is 10.8 Å². The standard InChI is InChI=1S/C25H24N6O2S/c26-24-20(12-17(13-28-24)18-14-29-31(15-18)19-8-10-27-11-9-19)23(32)21-6-7-22(34-21)30-25(33)16-4-2-1-3-5-16/h1-7,12-15,19,27H,8-11H2,(H2,26,28)(H,30,33). The van der Waals surface area contributed by atoms with Crippen LogP contribution in [-0.4, -0.2) is 39.5 Å². The Labute approximate surface area is 200 Å². The molecule has 172 valence electrons. The van der Waals surface area contributed by atoms with Crippen LogP contribution in [0.15, 0.2) is 67.1 Å². The van der Waals surface area contributed by atoms with Crippen molar-refractivity contribution in [1.29, 1.82) is 0 Å². The number of hydrogen-bond donors (Lipinski definition) is 3. The van der Waals surface area contributed by atoms with Gasteiger partial charge >= 0.3 is 0 Å². The van der Waals surface area contributed by atoms with Crippen LogP contribution in [0.1, 0.15) is 44.5 Å². The summed E-state index contributed by atoms with van der Waals surface area (Å²) >= 11 is 1.20. The Hall–Kier alpha value is -3.82. The molecule has 0 bridgehead atoms. The lowest BCUT2D eigenvalue weighted by Gasteiger charge is -2.22. The van der Waals surface area contributed by atoms with Gasteiger partial charge in [-0.3, -0.25) is 14.3 Å². The first kappa shape index (κ1) is 22.0. The number of benzene rings is 1. The second kappa shape index (κ2) is 9.58. The fourth-order valence-electron chi connectivity index (χ4n) is 4.01. The van der Waals surface area contributed by atoms with Crippen LogP contribution in [0.25, 0.3) is 11.1 Å². The summed E-state index contributed by atoms with van der Waals surface area (Å²) in [7, 11) is 0. The normalized spacial score (nSPS) is 14.1. The molecule has 0 aliphatic carbocycles. The molecule has 0 radical (unpaired) electrons. The molecule has 1 saturated heterocycles. The number of carbonyl (C=O) groups excluding carboxylic acids is 2. The average Bonchev–Trinajstić information content (AvgIpc) is 3.55. The third-order valence-electron chi connectivity index (χ3n) is 5.88. The molecule has 0 spiro atoms. The maximum atomic E-state index is 13.2. The third kappa shape index (κ3) is 4.61. The van der Waals surface area contributed by atoms with Crippen LogP contribution in [-0.2, 0) is 0 Å². The minimum absolute atomic E-state index is 0.169. The molecule has 1 fully saturated rings. The summed E-state index contributed by atoms with van der Waals surface area (Å²) in [5.74, 6) is -0.291. The highest BCUT2D eigenvalue weighted by atomic mass is 32.1. The number of pyridine rings is 1. The van der Waals surface area contributed by atoms with E-state index in [4.69, 9.17) is 5.73 Å². The molecule has 1 aromatic carbocycles. The highest BCUT2D eigenvalue weighted by molar-refractivity contribution is 7.18. The third-order valence-corrected chi connectivity index (χ3v) is 6.88. The van der Waals surface area contributed by atoms with Crippen molar-refractivity contribution >= 4 is 33.8 Å². The Kier molecular flexibility index (Phi) is 6.20. The van der Waals surface area contributed by atoms with Gasteiger partial charge in [0.2, 0.25) is 5.78 Å². The lowest BCUT2D eigenvalue weighted by atomic mass is 10.0. The van der Waals surface area contributed by atoms with Crippen LogP contribution < -0.4 is 16.4 Å². The second-order valence-electron chi connectivity index (χ2n) is 8.16. The molecule has 8 nitrogen and oxygen atoms in total. The monoisotopic (exact) mass is 472 g/mol. The van der Waals surface area contributed by atoms with Gasteiger partial charge < -0.3 is 16.4 Å². The molecule has 0 saturated carbocycles. The number of hydrogen-bond acceptors (Lipinski definition) is 7. The summed E-state index contributed by atoms with van der Waals surface area (Å²) in [6, 6.07) is 14.5. The van der Waals surface area contributed by atoms with Crippen LogP contribution in [0.2, 0.25) is 0 Å². The first-order valence-corrected chi connectivity index (χ1v) is 11.9. The van der Waals surface area contributed by atoms with Gasteiger partial charge in [0.05, 0.1) is 27.7 Å². The zero-order chi connectivity index (χ0) is 23.5. The van der Waals surface area contributed by atoms with Crippen LogP contribution in [0, 0.1) is 0 Å². The zero-order valence-electron chi connectivity index (χ0n) is 18.4. The van der Waals surface area contributed by atoms with Gasteiger partial charge in [-0.05, 0) is 56.3 Å². The van der Waals surface area contributed by atoms with Crippen molar-refractivity contribution in [3.8, 4) is 11.1 Å². The number of nitrogens with one attached hydrogen (secondary N) is 2. The van der Waals surface area contributed by atoms with Crippen LogP contribution >= 0.6 is 11.3 Å². The smallest absolute Gasteiger partial charge is 0.256 e. The highest BCUT2D eigenvalue weighted by Gasteiger charge is 2.20. The molecule has 1 aliphatic rings. The molecule has 34 heavy (non-hydrogen) atoms. The van der Waals surface area contributed by atoms with E-state index < -0.39 is 0 Å². The summed E-state index contributed by atoms with van der Waals surface area (Å²) in [5, 5.41) is 11.3. The number of rotatable bonds is 6. The van der Waals surface area contributed by atoms with Crippen LogP contribution in [0.3, 0.4) is 0 Å². The Morgan fingerprint density at radius 2 is 1.85 bits per heavy atom. The number of nitrogen functional groups attached to an aromatic ring is 1. The highest BCUT2D eigenvalue weighted by Crippen LogP contribution is 2.29. The lowest BCUT2D eigenvalue weighted by Crippen LogP contribution is -2.29. The summed E-state index contributed by atoms with van der Waals surface area (Å²) in [6.45, 7) is 1.97. The summed E-state index contributed by atoms with van der Waals surface area (Å²) in [6.07, 6.45) is 7.53. The van der Waals surface area contributed by atoms with E-state index in [1.165, 1.54) is 11.3 Å². The fourth-order valence-corrected chi connectivity index (χ4v) is 4.86. The van der Waals surface area contributed by atoms with Crippen molar-refractivity contribution in [2.24, 2.45) is 0 Å². The average molecular weight is 473 g/mol. The first-order valence-electron chi connectivity index (χ1n) is 11.1. The molecule has 4 N–H and O–H groups in total. The minimum Gasteiger partial charge on any atom is -0.383 e. The van der Waals surface area contributed by atoms with Gasteiger partial charge in [-0.25, -0.2) is 4.98 Å². The van der Waals surface area contributed by atoms with E-state index in [0.717, 1.165) is 37.1 Å². The predicted molar refractivity (Wildman–Crippen MR) is 133 cm³/mol. The van der Waals surface area contributed by atoms with Crippen molar-refractivity contribution in [2.45, 2.75) is 18.9 Å². The fraction of sp³-hybridized carbons (Fsp3) is 0.200. The minimum atomic E-state index is -0.234. The van der Waals surface area contributed by atoms with Crippen molar-refractivity contribution in [2.75, 3.05) is 24.1 Å². The zero-order valence-corrected chi connectivity index (χ0v) is 19.2. The summed E-state index contributed by atoms with van der Waals surface area (Å²) in [4.78, 5) is 30.4. The number of amides is 1. The second-order valence-corrected chi connectivity index (χ2v) is 9.24. The van der Waals surface area contributed by atoms with Crippen molar-refractivity contribution in [1.82, 2.24) is 20.1 Å². The number of anilines is 2. The number of nitrogens with two attached hydrogens (primary N) is 1. The molecular formula is C25H24N6O2S. The van der Waals surface area contributed by atoms with Gasteiger partial charge in [0.25, 0.3) is 5.91 Å². The Balaban J connectivity index is 1.34. The summed E-state index contributed by atoms with van der Waals surface area (Å²) < 4.78 is 2.00. The van der Waals surface area contributed by atoms with Gasteiger partial charge in [0.15, 0.2) is 0 Å². The van der Waals surface area contributed by atoms with E-state index in [-0.39, 0.29) is 17.5 Å². The lowest BCUT2D eigenvalue weighted by molar-refractivity contribution is 0.102. The van der Waals surface area contributed by atoms with E-state index in [0.29, 0.717) is 27.0 Å². The quantitative estimate of drug-likeness (QED) is 0.366. The van der Waals surface area contributed by atoms with Gasteiger partial charge in [-0.1, -0.05) is 18.2 Å². The Morgan fingerprint density at radius 1 is 1.06 bits per heavy atom. The van der Waals surface area contributed by atoms with E-state index in [1.54, 1.807) is 54.9 Å². The number of piperidine rings is 1. The molecule has 3 aromatic heterocycles. The number of thiophene rings is 1. The number of ketones is 1. The molecule has 9 heteroatoms. The van der Waals surface area contributed by atoms with Crippen molar-refractivity contribution < 1.29 is 9.59 Å². The molecule has 4 heterocycles. The number of nitrogens with zero attached hydrogens (tertiary/aromatic N) is 3. The SMILES string of the molecule is Nc1ncc(-c2cnn(C3CCNCC3)c2)cc1C(=O)c1ccc(NC(=O)c2ccccc2)s1. The maximum Gasteiger partial charge on any atom is 0.256 e. The topological polar surface area (TPSA) is 115 Å². The number of carbonyl (C=O) groups is 2. The van der Waals surface area contributed by atoms with Crippen LogP contribution in [0.5, 0.6) is 0 Å². The molecule has 1 amide bonds. The van der Waals surface area contributed by atoms with E-state index in [2.05, 4.69) is 20.7 Å². The largest absolute Gasteiger partial charge is 0.383 e. The molecule has 0 unspecified atom stereocenters. The molecular weight excluding hydrogens is 448 g/mol. The van der Waals surface area contributed by atoms with Crippen molar-refractivity contribution in [3.05, 3.63) is 83.1 Å². The molecule has 5 rings (SSSR count). The van der Waals surface area contributed by atoms with E-state index in [1.807, 2.05) is 16.9 Å². The van der Waals surface area contributed by atoms with E-state index >= 15 is 0 Å².